The summed E-state index contributed by atoms with van der Waals surface area (Å²) in [7, 11) is 0. The molecular weight excluding hydrogens is 322 g/mol. The van der Waals surface area contributed by atoms with E-state index in [0.717, 1.165) is 54.0 Å². The predicted molar refractivity (Wildman–Crippen MR) is 108 cm³/mol. The Balaban J connectivity index is 1.99. The van der Waals surface area contributed by atoms with Crippen LogP contribution >= 0.6 is 0 Å². The molecule has 3 rings (SSSR count). The van der Waals surface area contributed by atoms with Gasteiger partial charge < -0.3 is 16.4 Å². The van der Waals surface area contributed by atoms with Crippen molar-refractivity contribution in [1.29, 1.82) is 5.26 Å². The number of nitrogens with zero attached hydrogens (tertiary/aromatic N) is 2. The lowest BCUT2D eigenvalue weighted by Gasteiger charge is -2.26. The molecule has 0 amide bonds. The summed E-state index contributed by atoms with van der Waals surface area (Å²) in [5, 5.41) is 18.1. The van der Waals surface area contributed by atoms with Crippen LogP contribution in [0.4, 0.5) is 5.69 Å². The van der Waals surface area contributed by atoms with Crippen molar-refractivity contribution in [2.45, 2.75) is 31.2 Å². The number of piperidine rings is 1. The highest BCUT2D eigenvalue weighted by Gasteiger charge is 2.17. The van der Waals surface area contributed by atoms with Gasteiger partial charge in [-0.2, -0.15) is 5.26 Å². The van der Waals surface area contributed by atoms with Crippen LogP contribution in [0.2, 0.25) is 0 Å². The molecule has 2 aliphatic heterocycles. The van der Waals surface area contributed by atoms with Crippen molar-refractivity contribution in [3.05, 3.63) is 52.6 Å². The van der Waals surface area contributed by atoms with Gasteiger partial charge in [-0.1, -0.05) is 24.8 Å². The van der Waals surface area contributed by atoms with Crippen molar-refractivity contribution in [3.8, 4) is 6.07 Å². The molecule has 5 heteroatoms. The fraction of sp³-hybridized carbons (Fsp3) is 0.333. The maximum atomic E-state index is 8.98. The number of rotatable bonds is 4. The first-order chi connectivity index (χ1) is 12.7. The van der Waals surface area contributed by atoms with Crippen LogP contribution in [0.3, 0.4) is 0 Å². The summed E-state index contributed by atoms with van der Waals surface area (Å²) in [6.45, 7) is 5.89. The molecule has 1 unspecified atom stereocenters. The molecule has 2 heterocycles. The van der Waals surface area contributed by atoms with Crippen LogP contribution in [0.1, 0.15) is 30.7 Å². The first-order valence-electron chi connectivity index (χ1n) is 9.05. The molecule has 1 saturated heterocycles. The van der Waals surface area contributed by atoms with Gasteiger partial charge in [-0.15, -0.1) is 0 Å². The van der Waals surface area contributed by atoms with Crippen molar-refractivity contribution in [2.75, 3.05) is 18.4 Å². The molecule has 4 N–H and O–H groups in total. The van der Waals surface area contributed by atoms with Gasteiger partial charge in [0.1, 0.15) is 11.8 Å². The molecule has 0 radical (unpaired) electrons. The van der Waals surface area contributed by atoms with Gasteiger partial charge in [0.2, 0.25) is 0 Å². The van der Waals surface area contributed by atoms with Crippen molar-refractivity contribution in [1.82, 2.24) is 5.32 Å². The topological polar surface area (TPSA) is 86.2 Å². The van der Waals surface area contributed by atoms with E-state index in [4.69, 9.17) is 11.0 Å². The quantitative estimate of drug-likeness (QED) is 0.770. The number of nitrogens with one attached hydrogen (secondary N) is 2. The van der Waals surface area contributed by atoms with Crippen molar-refractivity contribution in [2.24, 2.45) is 10.7 Å². The van der Waals surface area contributed by atoms with Crippen molar-refractivity contribution < 1.29 is 0 Å². The van der Waals surface area contributed by atoms with Crippen LogP contribution < -0.4 is 26.8 Å². The molecule has 1 aromatic rings. The zero-order chi connectivity index (χ0) is 18.4. The maximum absolute atomic E-state index is 8.98. The van der Waals surface area contributed by atoms with Crippen LogP contribution in [0.15, 0.2) is 41.6 Å². The molecule has 134 valence electrons. The monoisotopic (exact) mass is 347 g/mol. The van der Waals surface area contributed by atoms with Gasteiger partial charge in [-0.25, -0.2) is 4.99 Å². The zero-order valence-electron chi connectivity index (χ0n) is 14.9. The second kappa shape index (κ2) is 8.50. The molecule has 2 aliphatic rings. The standard InChI is InChI=1S/C21H25N5/c1-2-3-15-10-17(16-4-5-19(12-22)25-14-16)11-21(20(15)13-23)26-18-6-8-24-9-7-18/h2-3,5,10-11,13-14,16,18,24,26H,1,4,6-9,23H2/b15-3-,20-13+. The summed E-state index contributed by atoms with van der Waals surface area (Å²) >= 11 is 0. The Labute approximate surface area is 154 Å². The Hall–Kier alpha value is -2.84. The van der Waals surface area contributed by atoms with E-state index < -0.39 is 0 Å². The SMILES string of the molecule is C=C/C=c1/cc(C2C=NC(C#N)=CC2)cc(NC2CCNCC2)/c1=C/N. The molecule has 1 fully saturated rings. The molecule has 0 aliphatic carbocycles. The van der Waals surface area contributed by atoms with Crippen LogP contribution in [0.5, 0.6) is 0 Å². The lowest BCUT2D eigenvalue weighted by Crippen LogP contribution is -2.38. The second-order valence-electron chi connectivity index (χ2n) is 6.63. The van der Waals surface area contributed by atoms with E-state index >= 15 is 0 Å². The predicted octanol–water partition coefficient (Wildman–Crippen LogP) is 1.48. The van der Waals surface area contributed by atoms with Gasteiger partial charge >= 0.3 is 0 Å². The molecule has 0 aromatic heterocycles. The Bertz CT molecular complexity index is 882. The number of anilines is 1. The molecule has 0 spiro atoms. The number of hydrogen-bond donors (Lipinski definition) is 3. The third-order valence-corrected chi connectivity index (χ3v) is 4.90. The first kappa shape index (κ1) is 18.0. The summed E-state index contributed by atoms with van der Waals surface area (Å²) < 4.78 is 0. The van der Waals surface area contributed by atoms with E-state index in [1.807, 2.05) is 18.4 Å². The number of benzene rings is 1. The lowest BCUT2D eigenvalue weighted by molar-refractivity contribution is 0.479. The van der Waals surface area contributed by atoms with Gasteiger partial charge in [0.25, 0.3) is 0 Å². The van der Waals surface area contributed by atoms with Crippen LogP contribution in [0.25, 0.3) is 12.3 Å². The minimum Gasteiger partial charge on any atom is -0.404 e. The number of nitrogens with two attached hydrogens (primary N) is 1. The maximum Gasteiger partial charge on any atom is 0.136 e. The normalized spacial score (nSPS) is 22.0. The molecule has 5 nitrogen and oxygen atoms in total. The molecule has 1 aromatic carbocycles. The third kappa shape index (κ3) is 4.04. The minimum atomic E-state index is 0.157. The Morgan fingerprint density at radius 3 is 2.77 bits per heavy atom. The number of hydrogen-bond acceptors (Lipinski definition) is 5. The van der Waals surface area contributed by atoms with E-state index in [1.165, 1.54) is 0 Å². The molecule has 1 atom stereocenters. The van der Waals surface area contributed by atoms with E-state index in [1.54, 1.807) is 12.3 Å². The number of allylic oxidation sites excluding steroid dienone is 3. The summed E-state index contributed by atoms with van der Waals surface area (Å²) in [5.41, 5.74) is 8.65. The number of nitriles is 1. The Morgan fingerprint density at radius 1 is 1.35 bits per heavy atom. The van der Waals surface area contributed by atoms with E-state index in [9.17, 15) is 0 Å². The fourth-order valence-electron chi connectivity index (χ4n) is 3.49. The van der Waals surface area contributed by atoms with E-state index in [0.29, 0.717) is 11.7 Å². The summed E-state index contributed by atoms with van der Waals surface area (Å²) in [4.78, 5) is 4.25. The third-order valence-electron chi connectivity index (χ3n) is 4.90. The van der Waals surface area contributed by atoms with Crippen molar-refractivity contribution >= 4 is 24.2 Å². The van der Waals surface area contributed by atoms with Gasteiger partial charge in [0.05, 0.1) is 0 Å². The highest BCUT2D eigenvalue weighted by atomic mass is 15.0. The van der Waals surface area contributed by atoms with E-state index in [-0.39, 0.29) is 5.92 Å². The second-order valence-corrected chi connectivity index (χ2v) is 6.63. The van der Waals surface area contributed by atoms with Crippen LogP contribution in [-0.2, 0) is 0 Å². The molecule has 0 bridgehead atoms. The largest absolute Gasteiger partial charge is 0.404 e. The summed E-state index contributed by atoms with van der Waals surface area (Å²) in [5.74, 6) is 0.157. The summed E-state index contributed by atoms with van der Waals surface area (Å²) in [6, 6.07) is 6.84. The highest BCUT2D eigenvalue weighted by Crippen LogP contribution is 2.23. The average Bonchev–Trinajstić information content (AvgIpc) is 2.69. The smallest absolute Gasteiger partial charge is 0.136 e. The van der Waals surface area contributed by atoms with Gasteiger partial charge in [-0.3, -0.25) is 0 Å². The number of aliphatic imine (C=N–C) groups is 1. The zero-order valence-corrected chi connectivity index (χ0v) is 14.9. The average molecular weight is 347 g/mol. The van der Waals surface area contributed by atoms with Gasteiger partial charge in [0.15, 0.2) is 0 Å². The Kier molecular flexibility index (Phi) is 5.88. The van der Waals surface area contributed by atoms with Crippen LogP contribution in [-0.4, -0.2) is 25.3 Å². The molecule has 26 heavy (non-hydrogen) atoms. The van der Waals surface area contributed by atoms with Crippen LogP contribution in [0, 0.1) is 11.3 Å². The lowest BCUT2D eigenvalue weighted by atomic mass is 9.93. The fourth-order valence-corrected chi connectivity index (χ4v) is 3.49. The Morgan fingerprint density at radius 2 is 2.15 bits per heavy atom. The first-order valence-corrected chi connectivity index (χ1v) is 9.05. The highest BCUT2D eigenvalue weighted by molar-refractivity contribution is 5.73. The summed E-state index contributed by atoms with van der Waals surface area (Å²) in [6.07, 6.45) is 12.1. The van der Waals surface area contributed by atoms with Gasteiger partial charge in [-0.05, 0) is 55.3 Å². The molecule has 0 saturated carbocycles. The van der Waals surface area contributed by atoms with Crippen molar-refractivity contribution in [3.63, 3.8) is 0 Å². The molecular formula is C21H25N5. The van der Waals surface area contributed by atoms with Gasteiger partial charge in [0, 0.05) is 35.3 Å². The minimum absolute atomic E-state index is 0.157. The van der Waals surface area contributed by atoms with E-state index in [2.05, 4.69) is 40.4 Å².